The zero-order chi connectivity index (χ0) is 11.4. The Balaban J connectivity index is 2.74. The van der Waals surface area contributed by atoms with E-state index in [1.165, 1.54) is 6.07 Å². The second-order valence-corrected chi connectivity index (χ2v) is 2.98. The second-order valence-electron chi connectivity index (χ2n) is 2.98. The summed E-state index contributed by atoms with van der Waals surface area (Å²) in [6.45, 7) is 0. The molecule has 0 spiro atoms. The molecule has 0 aliphatic carbocycles. The summed E-state index contributed by atoms with van der Waals surface area (Å²) in [5.41, 5.74) is 0.0616. The Morgan fingerprint density at radius 3 is 2.47 bits per heavy atom. The molecule has 0 aromatic heterocycles. The van der Waals surface area contributed by atoms with Crippen molar-refractivity contribution in [3.63, 3.8) is 0 Å². The standard InChI is InChI=1S/C10H9FO4/c11-7-5-6(1-2-9(7)13)8(12)3-4-10(14)15/h1-2,5,13H,3-4H2,(H,14,15). The van der Waals surface area contributed by atoms with E-state index in [1.54, 1.807) is 0 Å². The average Bonchev–Trinajstić information content (AvgIpc) is 2.18. The van der Waals surface area contributed by atoms with Crippen LogP contribution in [0.3, 0.4) is 0 Å². The van der Waals surface area contributed by atoms with Crippen molar-refractivity contribution in [2.24, 2.45) is 0 Å². The van der Waals surface area contributed by atoms with Crippen LogP contribution in [-0.2, 0) is 4.79 Å². The smallest absolute Gasteiger partial charge is 0.303 e. The van der Waals surface area contributed by atoms with Gasteiger partial charge in [-0.15, -0.1) is 0 Å². The topological polar surface area (TPSA) is 74.6 Å². The van der Waals surface area contributed by atoms with E-state index >= 15 is 0 Å². The third-order valence-corrected chi connectivity index (χ3v) is 1.84. The molecule has 0 aliphatic rings. The van der Waals surface area contributed by atoms with E-state index < -0.39 is 23.3 Å². The molecule has 0 fully saturated rings. The second kappa shape index (κ2) is 4.54. The summed E-state index contributed by atoms with van der Waals surface area (Å²) in [5, 5.41) is 17.2. The molecule has 0 aliphatic heterocycles. The van der Waals surface area contributed by atoms with Crippen molar-refractivity contribution in [2.75, 3.05) is 0 Å². The molecule has 0 radical (unpaired) electrons. The van der Waals surface area contributed by atoms with Gasteiger partial charge >= 0.3 is 5.97 Å². The molecular weight excluding hydrogens is 203 g/mol. The summed E-state index contributed by atoms with van der Waals surface area (Å²) < 4.78 is 12.8. The van der Waals surface area contributed by atoms with Crippen molar-refractivity contribution in [1.29, 1.82) is 0 Å². The lowest BCUT2D eigenvalue weighted by atomic mass is 10.1. The van der Waals surface area contributed by atoms with E-state index in [9.17, 15) is 14.0 Å². The molecule has 0 unspecified atom stereocenters. The molecule has 1 aromatic carbocycles. The fraction of sp³-hybridized carbons (Fsp3) is 0.200. The predicted molar refractivity (Wildman–Crippen MR) is 49.3 cm³/mol. The van der Waals surface area contributed by atoms with Gasteiger partial charge < -0.3 is 10.2 Å². The minimum absolute atomic E-state index is 0.0616. The molecule has 0 saturated heterocycles. The zero-order valence-corrected chi connectivity index (χ0v) is 7.74. The number of phenolic OH excluding ortho intramolecular Hbond substituents is 1. The number of Topliss-reactive ketones (excluding diaryl/α,β-unsaturated/α-hetero) is 1. The number of ketones is 1. The molecule has 80 valence electrons. The van der Waals surface area contributed by atoms with Gasteiger partial charge in [0.1, 0.15) is 0 Å². The highest BCUT2D eigenvalue weighted by Gasteiger charge is 2.10. The first-order valence-corrected chi connectivity index (χ1v) is 4.24. The number of aromatic hydroxyl groups is 1. The lowest BCUT2D eigenvalue weighted by Crippen LogP contribution is -2.04. The molecule has 5 heteroatoms. The Labute approximate surface area is 85.0 Å². The van der Waals surface area contributed by atoms with Crippen molar-refractivity contribution >= 4 is 11.8 Å². The quantitative estimate of drug-likeness (QED) is 0.743. The molecule has 0 bridgehead atoms. The number of hydrogen-bond acceptors (Lipinski definition) is 3. The van der Waals surface area contributed by atoms with Crippen molar-refractivity contribution in [3.05, 3.63) is 29.6 Å². The zero-order valence-electron chi connectivity index (χ0n) is 7.74. The number of carboxylic acid groups (broad SMARTS) is 1. The van der Waals surface area contributed by atoms with Crippen LogP contribution >= 0.6 is 0 Å². The maximum absolute atomic E-state index is 12.8. The van der Waals surface area contributed by atoms with Gasteiger partial charge in [0.25, 0.3) is 0 Å². The summed E-state index contributed by atoms with van der Waals surface area (Å²) in [7, 11) is 0. The molecule has 15 heavy (non-hydrogen) atoms. The van der Waals surface area contributed by atoms with E-state index in [1.807, 2.05) is 0 Å². The Morgan fingerprint density at radius 1 is 1.27 bits per heavy atom. The number of rotatable bonds is 4. The molecule has 0 amide bonds. The first kappa shape index (κ1) is 11.2. The summed E-state index contributed by atoms with van der Waals surface area (Å²) in [6, 6.07) is 3.20. The van der Waals surface area contributed by atoms with Crippen molar-refractivity contribution in [3.8, 4) is 5.75 Å². The first-order valence-electron chi connectivity index (χ1n) is 4.24. The molecule has 4 nitrogen and oxygen atoms in total. The van der Waals surface area contributed by atoms with Crippen LogP contribution in [0.15, 0.2) is 18.2 Å². The van der Waals surface area contributed by atoms with Crippen molar-refractivity contribution in [2.45, 2.75) is 12.8 Å². The summed E-state index contributed by atoms with van der Waals surface area (Å²) >= 11 is 0. The predicted octanol–water partition coefficient (Wildman–Crippen LogP) is 1.58. The Morgan fingerprint density at radius 2 is 1.93 bits per heavy atom. The Bertz CT molecular complexity index is 400. The lowest BCUT2D eigenvalue weighted by molar-refractivity contribution is -0.136. The van der Waals surface area contributed by atoms with Crippen LogP contribution in [0.25, 0.3) is 0 Å². The monoisotopic (exact) mass is 212 g/mol. The number of carboxylic acids is 1. The highest BCUT2D eigenvalue weighted by molar-refractivity contribution is 5.97. The minimum Gasteiger partial charge on any atom is -0.505 e. The van der Waals surface area contributed by atoms with Crippen molar-refractivity contribution in [1.82, 2.24) is 0 Å². The molecule has 1 rings (SSSR count). The van der Waals surface area contributed by atoms with Crippen LogP contribution in [0.1, 0.15) is 23.2 Å². The average molecular weight is 212 g/mol. The lowest BCUT2D eigenvalue weighted by Gasteiger charge is -2.00. The summed E-state index contributed by atoms with van der Waals surface area (Å²) in [4.78, 5) is 21.5. The summed E-state index contributed by atoms with van der Waals surface area (Å²) in [6.07, 6.45) is -0.471. The van der Waals surface area contributed by atoms with Gasteiger partial charge in [-0.1, -0.05) is 0 Å². The number of benzene rings is 1. The van der Waals surface area contributed by atoms with E-state index in [0.29, 0.717) is 0 Å². The largest absolute Gasteiger partial charge is 0.505 e. The number of halogens is 1. The van der Waals surface area contributed by atoms with Gasteiger partial charge in [-0.2, -0.15) is 0 Å². The Hall–Kier alpha value is -1.91. The van der Waals surface area contributed by atoms with Crippen LogP contribution in [0.5, 0.6) is 5.75 Å². The van der Waals surface area contributed by atoms with Gasteiger partial charge in [-0.25, -0.2) is 4.39 Å². The molecule has 2 N–H and O–H groups in total. The van der Waals surface area contributed by atoms with E-state index in [-0.39, 0.29) is 18.4 Å². The van der Waals surface area contributed by atoms with Gasteiger partial charge in [0.2, 0.25) is 0 Å². The number of carbonyl (C=O) groups is 2. The van der Waals surface area contributed by atoms with Crippen molar-refractivity contribution < 1.29 is 24.2 Å². The normalized spacial score (nSPS) is 9.93. The highest BCUT2D eigenvalue weighted by Crippen LogP contribution is 2.17. The van der Waals surface area contributed by atoms with Gasteiger partial charge in [0, 0.05) is 12.0 Å². The molecule has 0 saturated carbocycles. The maximum Gasteiger partial charge on any atom is 0.303 e. The van der Waals surface area contributed by atoms with Gasteiger partial charge in [-0.05, 0) is 18.2 Å². The number of phenols is 1. The van der Waals surface area contributed by atoms with E-state index in [2.05, 4.69) is 0 Å². The van der Waals surface area contributed by atoms with Crippen LogP contribution in [0.4, 0.5) is 4.39 Å². The third-order valence-electron chi connectivity index (χ3n) is 1.84. The fourth-order valence-electron chi connectivity index (χ4n) is 1.05. The number of aliphatic carboxylic acids is 1. The minimum atomic E-state index is -1.08. The number of hydrogen-bond donors (Lipinski definition) is 2. The van der Waals surface area contributed by atoms with Gasteiger partial charge in [-0.3, -0.25) is 9.59 Å². The maximum atomic E-state index is 12.8. The highest BCUT2D eigenvalue weighted by atomic mass is 19.1. The van der Waals surface area contributed by atoms with E-state index in [4.69, 9.17) is 10.2 Å². The molecule has 0 heterocycles. The van der Waals surface area contributed by atoms with Gasteiger partial charge in [0.15, 0.2) is 17.3 Å². The first-order chi connectivity index (χ1) is 7.00. The Kier molecular flexibility index (Phi) is 3.38. The SMILES string of the molecule is O=C(O)CCC(=O)c1ccc(O)c(F)c1. The third kappa shape index (κ3) is 3.05. The molecule has 0 atom stereocenters. The van der Waals surface area contributed by atoms with Crippen LogP contribution < -0.4 is 0 Å². The van der Waals surface area contributed by atoms with Crippen LogP contribution in [-0.4, -0.2) is 22.0 Å². The van der Waals surface area contributed by atoms with Gasteiger partial charge in [0.05, 0.1) is 6.42 Å². The number of carbonyl (C=O) groups excluding carboxylic acids is 1. The fourth-order valence-corrected chi connectivity index (χ4v) is 1.05. The van der Waals surface area contributed by atoms with Crippen LogP contribution in [0, 0.1) is 5.82 Å². The molecule has 1 aromatic rings. The van der Waals surface area contributed by atoms with Crippen LogP contribution in [0.2, 0.25) is 0 Å². The summed E-state index contributed by atoms with van der Waals surface area (Å²) in [5.74, 6) is -2.97. The van der Waals surface area contributed by atoms with E-state index in [0.717, 1.165) is 12.1 Å². The molecular formula is C10H9FO4.